The molecule has 0 bridgehead atoms. The van der Waals surface area contributed by atoms with E-state index in [1.54, 1.807) is 7.11 Å². The molecule has 0 atom stereocenters. The van der Waals surface area contributed by atoms with Crippen LogP contribution in [0, 0.1) is 0 Å². The van der Waals surface area contributed by atoms with Gasteiger partial charge >= 0.3 is 0 Å². The van der Waals surface area contributed by atoms with Crippen LogP contribution in [0.3, 0.4) is 0 Å². The number of aliphatic imine (C=N–C) groups is 1. The highest BCUT2D eigenvalue weighted by molar-refractivity contribution is 5.82. The summed E-state index contributed by atoms with van der Waals surface area (Å²) in [5, 5.41) is 0. The van der Waals surface area contributed by atoms with E-state index in [1.165, 1.54) is 0 Å². The molecule has 0 aliphatic carbocycles. The summed E-state index contributed by atoms with van der Waals surface area (Å²) < 4.78 is 10.5. The molecule has 98 valence electrons. The van der Waals surface area contributed by atoms with Crippen LogP contribution >= 0.6 is 0 Å². The average molecular weight is 255 g/mol. The molecule has 3 nitrogen and oxygen atoms in total. The number of nitrogens with zero attached hydrogens (tertiary/aromatic N) is 1. The van der Waals surface area contributed by atoms with Crippen molar-refractivity contribution >= 4 is 11.9 Å². The first-order valence-corrected chi connectivity index (χ1v) is 6.23. The molecule has 2 aromatic rings. The zero-order valence-electron chi connectivity index (χ0n) is 11.2. The van der Waals surface area contributed by atoms with E-state index in [1.807, 2.05) is 61.7 Å². The Labute approximate surface area is 113 Å². The van der Waals surface area contributed by atoms with E-state index in [4.69, 9.17) is 9.47 Å². The molecule has 0 aliphatic heterocycles. The Hall–Kier alpha value is -2.29. The van der Waals surface area contributed by atoms with Gasteiger partial charge in [-0.25, -0.2) is 0 Å². The third-order valence-corrected chi connectivity index (χ3v) is 2.63. The maximum absolute atomic E-state index is 5.39. The standard InChI is InChI=1S/C16H17NO2/c1-3-19-16-8-4-13(5-9-16)12-17-14-6-10-15(18-2)11-7-14/h4-12H,3H2,1-2H3. The van der Waals surface area contributed by atoms with Gasteiger partial charge in [0.15, 0.2) is 0 Å². The molecular formula is C16H17NO2. The van der Waals surface area contributed by atoms with E-state index in [0.29, 0.717) is 6.61 Å². The highest BCUT2D eigenvalue weighted by Gasteiger charge is 1.93. The third kappa shape index (κ3) is 3.85. The molecule has 0 N–H and O–H groups in total. The molecule has 0 amide bonds. The molecule has 2 aromatic carbocycles. The van der Waals surface area contributed by atoms with E-state index in [0.717, 1.165) is 22.7 Å². The quantitative estimate of drug-likeness (QED) is 0.760. The zero-order chi connectivity index (χ0) is 13.5. The van der Waals surface area contributed by atoms with Crippen molar-refractivity contribution in [2.45, 2.75) is 6.92 Å². The summed E-state index contributed by atoms with van der Waals surface area (Å²) in [7, 11) is 1.65. The number of benzene rings is 2. The van der Waals surface area contributed by atoms with E-state index < -0.39 is 0 Å². The number of methoxy groups -OCH3 is 1. The Morgan fingerprint density at radius 2 is 1.58 bits per heavy atom. The fourth-order valence-corrected chi connectivity index (χ4v) is 1.63. The molecule has 19 heavy (non-hydrogen) atoms. The summed E-state index contributed by atoms with van der Waals surface area (Å²) in [4.78, 5) is 4.41. The van der Waals surface area contributed by atoms with Crippen molar-refractivity contribution < 1.29 is 9.47 Å². The second kappa shape index (κ2) is 6.59. The van der Waals surface area contributed by atoms with Crippen LogP contribution in [0.5, 0.6) is 11.5 Å². The van der Waals surface area contributed by atoms with E-state index in [-0.39, 0.29) is 0 Å². The Morgan fingerprint density at radius 1 is 0.947 bits per heavy atom. The number of hydrogen-bond donors (Lipinski definition) is 0. The predicted molar refractivity (Wildman–Crippen MR) is 77.9 cm³/mol. The Bertz CT molecular complexity index is 530. The first-order valence-electron chi connectivity index (χ1n) is 6.23. The summed E-state index contributed by atoms with van der Waals surface area (Å²) in [6, 6.07) is 15.5. The van der Waals surface area contributed by atoms with Crippen LogP contribution in [0.15, 0.2) is 53.5 Å². The van der Waals surface area contributed by atoms with Gasteiger partial charge in [0.05, 0.1) is 19.4 Å². The van der Waals surface area contributed by atoms with Gasteiger partial charge < -0.3 is 9.47 Å². The lowest BCUT2D eigenvalue weighted by molar-refractivity contribution is 0.340. The van der Waals surface area contributed by atoms with E-state index in [2.05, 4.69) is 4.99 Å². The zero-order valence-corrected chi connectivity index (χ0v) is 11.2. The van der Waals surface area contributed by atoms with Crippen LogP contribution < -0.4 is 9.47 Å². The number of ether oxygens (including phenoxy) is 2. The Balaban J connectivity index is 2.04. The average Bonchev–Trinajstić information content (AvgIpc) is 2.47. The molecular weight excluding hydrogens is 238 g/mol. The van der Waals surface area contributed by atoms with Crippen molar-refractivity contribution in [3.05, 3.63) is 54.1 Å². The van der Waals surface area contributed by atoms with Crippen LogP contribution in [-0.4, -0.2) is 19.9 Å². The predicted octanol–water partition coefficient (Wildman–Crippen LogP) is 3.84. The van der Waals surface area contributed by atoms with Crippen LogP contribution in [0.1, 0.15) is 12.5 Å². The van der Waals surface area contributed by atoms with Crippen molar-refractivity contribution in [3.63, 3.8) is 0 Å². The summed E-state index contributed by atoms with van der Waals surface area (Å²) in [6.45, 7) is 2.65. The van der Waals surface area contributed by atoms with Gasteiger partial charge in [0.25, 0.3) is 0 Å². The summed E-state index contributed by atoms with van der Waals surface area (Å²) >= 11 is 0. The molecule has 0 radical (unpaired) electrons. The van der Waals surface area contributed by atoms with Crippen molar-refractivity contribution in [2.24, 2.45) is 4.99 Å². The minimum absolute atomic E-state index is 0.680. The highest BCUT2D eigenvalue weighted by atomic mass is 16.5. The molecule has 2 rings (SSSR count). The second-order valence-corrected chi connectivity index (χ2v) is 3.96. The lowest BCUT2D eigenvalue weighted by Gasteiger charge is -2.02. The highest BCUT2D eigenvalue weighted by Crippen LogP contribution is 2.18. The number of hydrogen-bond acceptors (Lipinski definition) is 3. The van der Waals surface area contributed by atoms with Gasteiger partial charge in [0.1, 0.15) is 11.5 Å². The Kier molecular flexibility index (Phi) is 4.56. The Morgan fingerprint density at radius 3 is 2.16 bits per heavy atom. The monoisotopic (exact) mass is 255 g/mol. The largest absolute Gasteiger partial charge is 0.497 e. The van der Waals surface area contributed by atoms with Gasteiger partial charge in [-0.05, 0) is 61.0 Å². The first-order chi connectivity index (χ1) is 9.31. The van der Waals surface area contributed by atoms with Crippen molar-refractivity contribution in [2.75, 3.05) is 13.7 Å². The third-order valence-electron chi connectivity index (χ3n) is 2.63. The molecule has 3 heteroatoms. The molecule has 0 saturated carbocycles. The normalized spacial score (nSPS) is 10.6. The van der Waals surface area contributed by atoms with Gasteiger partial charge in [-0.2, -0.15) is 0 Å². The van der Waals surface area contributed by atoms with Crippen LogP contribution in [0.25, 0.3) is 0 Å². The van der Waals surface area contributed by atoms with Gasteiger partial charge in [0.2, 0.25) is 0 Å². The summed E-state index contributed by atoms with van der Waals surface area (Å²) in [6.07, 6.45) is 1.83. The van der Waals surface area contributed by atoms with Crippen molar-refractivity contribution in [1.82, 2.24) is 0 Å². The second-order valence-electron chi connectivity index (χ2n) is 3.96. The number of rotatable bonds is 5. The lowest BCUT2D eigenvalue weighted by atomic mass is 10.2. The smallest absolute Gasteiger partial charge is 0.119 e. The minimum Gasteiger partial charge on any atom is -0.497 e. The van der Waals surface area contributed by atoms with Gasteiger partial charge in [-0.1, -0.05) is 0 Å². The van der Waals surface area contributed by atoms with E-state index in [9.17, 15) is 0 Å². The van der Waals surface area contributed by atoms with Gasteiger partial charge in [0, 0.05) is 6.21 Å². The SMILES string of the molecule is CCOc1ccc(C=Nc2ccc(OC)cc2)cc1. The maximum Gasteiger partial charge on any atom is 0.119 e. The summed E-state index contributed by atoms with van der Waals surface area (Å²) in [5.41, 5.74) is 1.94. The van der Waals surface area contributed by atoms with Gasteiger partial charge in [-0.15, -0.1) is 0 Å². The maximum atomic E-state index is 5.39. The van der Waals surface area contributed by atoms with Crippen LogP contribution in [-0.2, 0) is 0 Å². The van der Waals surface area contributed by atoms with Crippen LogP contribution in [0.2, 0.25) is 0 Å². The van der Waals surface area contributed by atoms with Crippen molar-refractivity contribution in [1.29, 1.82) is 0 Å². The molecule has 0 spiro atoms. The first kappa shape index (κ1) is 13.1. The van der Waals surface area contributed by atoms with E-state index >= 15 is 0 Å². The molecule has 0 aromatic heterocycles. The molecule has 0 saturated heterocycles. The topological polar surface area (TPSA) is 30.8 Å². The summed E-state index contributed by atoms with van der Waals surface area (Å²) in [5.74, 6) is 1.71. The van der Waals surface area contributed by atoms with Crippen molar-refractivity contribution in [3.8, 4) is 11.5 Å². The minimum atomic E-state index is 0.680. The van der Waals surface area contributed by atoms with Gasteiger partial charge in [-0.3, -0.25) is 4.99 Å². The molecule has 0 heterocycles. The fourth-order valence-electron chi connectivity index (χ4n) is 1.63. The molecule has 0 aliphatic rings. The molecule has 0 fully saturated rings. The fraction of sp³-hybridized carbons (Fsp3) is 0.188. The molecule has 0 unspecified atom stereocenters. The van der Waals surface area contributed by atoms with Crippen LogP contribution in [0.4, 0.5) is 5.69 Å². The lowest BCUT2D eigenvalue weighted by Crippen LogP contribution is -1.91.